The van der Waals surface area contributed by atoms with Crippen molar-refractivity contribution in [3.05, 3.63) is 180 Å². The summed E-state index contributed by atoms with van der Waals surface area (Å²) in [5.74, 6) is 0.851. The molecule has 0 N–H and O–H groups in total. The number of furan rings is 1. The fourth-order valence-electron chi connectivity index (χ4n) is 11.5. The highest BCUT2D eigenvalue weighted by atomic mass is 28.3. The van der Waals surface area contributed by atoms with Crippen molar-refractivity contribution >= 4 is 57.0 Å². The molecule has 5 heteroatoms. The molecule has 0 saturated heterocycles. The van der Waals surface area contributed by atoms with Crippen molar-refractivity contribution in [2.24, 2.45) is 0 Å². The van der Waals surface area contributed by atoms with E-state index in [2.05, 4.69) is 227 Å². The quantitative estimate of drug-likeness (QED) is 0.121. The predicted octanol–water partition coefficient (Wildman–Crippen LogP) is 14.1. The predicted molar refractivity (Wildman–Crippen MR) is 268 cm³/mol. The molecular weight excluding hydrogens is 795 g/mol. The first-order valence-electron chi connectivity index (χ1n) is 23.6. The SMILES string of the molecule is [2H]C(C)(C)c1cc2[n+](cc1[Si](C)(C)C)C1(c3ccccc3-2)c2ccc3c(oc4cc(-c5ccccc5)ccc43)c2-c2n(-c3c(C(C)C)cccc3C(C)C)c3c4ccccc4ccc3[n+]21. The van der Waals surface area contributed by atoms with Gasteiger partial charge in [0.25, 0.3) is 0 Å². The molecule has 10 aromatic rings. The zero-order valence-corrected chi connectivity index (χ0v) is 39.3. The third kappa shape index (κ3) is 5.16. The van der Waals surface area contributed by atoms with Crippen LogP contribution in [0.3, 0.4) is 0 Å². The summed E-state index contributed by atoms with van der Waals surface area (Å²) in [5, 5.41) is 5.95. The third-order valence-corrected chi connectivity index (χ3v) is 16.4. The van der Waals surface area contributed by atoms with Gasteiger partial charge in [0.15, 0.2) is 22.8 Å². The molecule has 1 atom stereocenters. The molecule has 1 spiro atoms. The molecule has 0 saturated carbocycles. The van der Waals surface area contributed by atoms with Gasteiger partial charge in [0.2, 0.25) is 5.69 Å². The number of aromatic nitrogens is 3. The summed E-state index contributed by atoms with van der Waals surface area (Å²) in [7, 11) is -2.04. The Morgan fingerprint density at radius 1 is 0.625 bits per heavy atom. The average Bonchev–Trinajstić information content (AvgIpc) is 4.01. The van der Waals surface area contributed by atoms with E-state index in [1.54, 1.807) is 0 Å². The van der Waals surface area contributed by atoms with Crippen molar-refractivity contribution in [1.82, 2.24) is 4.57 Å². The number of pyridine rings is 1. The summed E-state index contributed by atoms with van der Waals surface area (Å²) in [6, 6.07) is 54.0. The van der Waals surface area contributed by atoms with Gasteiger partial charge in [-0.05, 0) is 94.4 Å². The molecule has 3 aromatic heterocycles. The van der Waals surface area contributed by atoms with E-state index in [0.717, 1.165) is 55.7 Å². The van der Waals surface area contributed by atoms with Crippen LogP contribution in [0.25, 0.3) is 83.2 Å². The summed E-state index contributed by atoms with van der Waals surface area (Å²) in [6.07, 6.45) is 2.47. The fourth-order valence-corrected chi connectivity index (χ4v) is 13.1. The molecular formula is C59H55N3OSi+2. The highest BCUT2D eigenvalue weighted by molar-refractivity contribution is 6.89. The van der Waals surface area contributed by atoms with Crippen LogP contribution < -0.4 is 14.3 Å². The Morgan fingerprint density at radius 2 is 1.33 bits per heavy atom. The topological polar surface area (TPSA) is 25.8 Å². The summed E-state index contributed by atoms with van der Waals surface area (Å²) >= 11 is 0. The van der Waals surface area contributed by atoms with E-state index in [-0.39, 0.29) is 11.8 Å². The van der Waals surface area contributed by atoms with Gasteiger partial charge in [-0.2, -0.15) is 4.57 Å². The van der Waals surface area contributed by atoms with E-state index in [9.17, 15) is 1.37 Å². The van der Waals surface area contributed by atoms with Gasteiger partial charge in [0.05, 0.1) is 24.8 Å². The van der Waals surface area contributed by atoms with Crippen LogP contribution in [-0.2, 0) is 5.66 Å². The second-order valence-electron chi connectivity index (χ2n) is 20.1. The molecule has 2 aliphatic rings. The highest BCUT2D eigenvalue weighted by Gasteiger charge is 2.67. The fraction of sp³-hybridized carbons (Fsp3) is 0.220. The van der Waals surface area contributed by atoms with E-state index in [0.29, 0.717) is 0 Å². The van der Waals surface area contributed by atoms with E-state index in [4.69, 9.17) is 4.42 Å². The Kier molecular flexibility index (Phi) is 8.13. The normalized spacial score (nSPS) is 15.8. The number of imidazole rings is 1. The minimum atomic E-state index is -2.04. The van der Waals surface area contributed by atoms with Gasteiger partial charge in [0.1, 0.15) is 16.8 Å². The van der Waals surface area contributed by atoms with Crippen molar-refractivity contribution in [2.75, 3.05) is 0 Å². The van der Waals surface area contributed by atoms with Crippen LogP contribution in [0.2, 0.25) is 19.6 Å². The maximum atomic E-state index is 9.57. The van der Waals surface area contributed by atoms with Gasteiger partial charge in [-0.15, -0.1) is 9.13 Å². The minimum Gasteiger partial charge on any atom is -0.455 e. The first kappa shape index (κ1) is 37.9. The molecule has 2 aliphatic heterocycles. The van der Waals surface area contributed by atoms with Crippen LogP contribution in [0.1, 0.15) is 88.5 Å². The first-order valence-corrected chi connectivity index (χ1v) is 26.6. The molecule has 12 rings (SSSR count). The standard InChI is InChI=1S/C59H55N3OSi/c1-35(2)41-23-17-24-42(36(3)4)55(41)61-56-43-21-14-13-20-39(43)27-31-50(56)62-58(61)54-49(30-29-45-44-28-26-40(32-52(44)63-57(45)54)38-18-11-10-12-19-38)59(62)48-25-16-15-22-46(48)51-33-47(37(5)6)53(34-60(51)59)64(7,8)9/h10-37H,1-9H3/q+2/i37D. The number of fused-ring (bicyclic) bond motifs is 18. The Morgan fingerprint density at radius 3 is 2.06 bits per heavy atom. The third-order valence-electron chi connectivity index (χ3n) is 14.4. The van der Waals surface area contributed by atoms with Crippen LogP contribution in [-0.4, -0.2) is 12.6 Å². The van der Waals surface area contributed by atoms with Gasteiger partial charge >= 0.3 is 11.5 Å². The lowest BCUT2D eigenvalue weighted by molar-refractivity contribution is -0.944. The lowest BCUT2D eigenvalue weighted by Crippen LogP contribution is -2.72. The Labute approximate surface area is 378 Å². The monoisotopic (exact) mass is 850 g/mol. The number of benzene rings is 7. The summed E-state index contributed by atoms with van der Waals surface area (Å²) in [6.45, 7) is 20.7. The summed E-state index contributed by atoms with van der Waals surface area (Å²) in [5.41, 5.74) is 16.4. The van der Waals surface area contributed by atoms with Gasteiger partial charge in [-0.3, -0.25) is 0 Å². The van der Waals surface area contributed by atoms with Crippen LogP contribution in [0.15, 0.2) is 156 Å². The molecule has 64 heavy (non-hydrogen) atoms. The number of hydrogen-bond donors (Lipinski definition) is 0. The van der Waals surface area contributed by atoms with Gasteiger partial charge in [-0.25, -0.2) is 0 Å². The molecule has 314 valence electrons. The Hall–Kier alpha value is -6.56. The van der Waals surface area contributed by atoms with Crippen LogP contribution in [0.4, 0.5) is 0 Å². The molecule has 4 nitrogen and oxygen atoms in total. The van der Waals surface area contributed by atoms with Crippen LogP contribution in [0, 0.1) is 0 Å². The van der Waals surface area contributed by atoms with Crippen molar-refractivity contribution in [3.63, 3.8) is 0 Å². The Bertz CT molecular complexity index is 3610. The van der Waals surface area contributed by atoms with E-state index in [1.165, 1.54) is 60.5 Å². The lowest BCUT2D eigenvalue weighted by Gasteiger charge is -2.25. The van der Waals surface area contributed by atoms with Crippen molar-refractivity contribution in [1.29, 1.82) is 0 Å². The van der Waals surface area contributed by atoms with Crippen molar-refractivity contribution < 1.29 is 14.9 Å². The summed E-state index contributed by atoms with van der Waals surface area (Å²) in [4.78, 5) is 0. The lowest BCUT2D eigenvalue weighted by atomic mass is 9.88. The van der Waals surface area contributed by atoms with Gasteiger partial charge in [-0.1, -0.05) is 146 Å². The smallest absolute Gasteiger partial charge is 0.364 e. The number of rotatable bonds is 6. The largest absolute Gasteiger partial charge is 0.455 e. The number of hydrogen-bond acceptors (Lipinski definition) is 1. The minimum absolute atomic E-state index is 0.262. The first-order chi connectivity index (χ1) is 31.2. The van der Waals surface area contributed by atoms with Gasteiger partial charge < -0.3 is 4.42 Å². The second-order valence-corrected chi connectivity index (χ2v) is 25.1. The average molecular weight is 851 g/mol. The van der Waals surface area contributed by atoms with Crippen LogP contribution in [0.5, 0.6) is 0 Å². The van der Waals surface area contributed by atoms with Crippen molar-refractivity contribution in [3.8, 4) is 39.5 Å². The molecule has 0 radical (unpaired) electrons. The molecule has 0 amide bonds. The van der Waals surface area contributed by atoms with Crippen LogP contribution >= 0.6 is 0 Å². The molecule has 7 aromatic carbocycles. The van der Waals surface area contributed by atoms with Gasteiger partial charge in [0, 0.05) is 39.9 Å². The molecule has 0 aliphatic carbocycles. The van der Waals surface area contributed by atoms with E-state index < -0.39 is 19.6 Å². The zero-order chi connectivity index (χ0) is 44.9. The highest BCUT2D eigenvalue weighted by Crippen LogP contribution is 2.54. The summed E-state index contributed by atoms with van der Waals surface area (Å²) < 4.78 is 24.9. The Balaban J connectivity index is 1.35. The second kappa shape index (κ2) is 13.7. The molecule has 5 heterocycles. The molecule has 0 bridgehead atoms. The molecule has 0 fully saturated rings. The van der Waals surface area contributed by atoms with Crippen molar-refractivity contribution in [2.45, 2.75) is 84.6 Å². The zero-order valence-electron chi connectivity index (χ0n) is 39.3. The maximum absolute atomic E-state index is 9.57. The maximum Gasteiger partial charge on any atom is 0.364 e. The number of nitrogens with zero attached hydrogens (tertiary/aromatic N) is 3. The van der Waals surface area contributed by atoms with E-state index >= 15 is 0 Å². The number of para-hydroxylation sites is 1. The van der Waals surface area contributed by atoms with E-state index in [1.807, 2.05) is 0 Å². The molecule has 1 unspecified atom stereocenters.